The Morgan fingerprint density at radius 2 is 1.96 bits per heavy atom. The number of fused-ring (bicyclic) bond motifs is 2. The molecule has 27 heavy (non-hydrogen) atoms. The van der Waals surface area contributed by atoms with E-state index in [0.717, 1.165) is 26.3 Å². The Bertz CT molecular complexity index is 874. The number of hydrogen-bond acceptors (Lipinski definition) is 3. The number of anilines is 1. The van der Waals surface area contributed by atoms with Gasteiger partial charge in [-0.05, 0) is 40.7 Å². The van der Waals surface area contributed by atoms with Crippen LogP contribution in [0.5, 0.6) is 0 Å². The van der Waals surface area contributed by atoms with E-state index in [1.165, 1.54) is 45.6 Å². The van der Waals surface area contributed by atoms with Crippen LogP contribution in [0.1, 0.15) is 13.3 Å². The summed E-state index contributed by atoms with van der Waals surface area (Å²) < 4.78 is 7.73. The Labute approximate surface area is 163 Å². The average molecular weight is 381 g/mol. The van der Waals surface area contributed by atoms with Gasteiger partial charge in [0.1, 0.15) is 22.2 Å². The summed E-state index contributed by atoms with van der Waals surface area (Å²) in [6.07, 6.45) is 8.00. The molecule has 1 atom stereocenters. The first-order chi connectivity index (χ1) is 13.0. The summed E-state index contributed by atoms with van der Waals surface area (Å²) in [5.41, 5.74) is 4.95. The average Bonchev–Trinajstić information content (AvgIpc) is 2.68. The van der Waals surface area contributed by atoms with E-state index in [-0.39, 0.29) is 0 Å². The molecular formula is C22H30N3OSi+. The minimum absolute atomic E-state index is 0.820. The van der Waals surface area contributed by atoms with Gasteiger partial charge in [-0.2, -0.15) is 0 Å². The third-order valence-corrected chi connectivity index (χ3v) is 10.7. The van der Waals surface area contributed by atoms with Gasteiger partial charge in [0.25, 0.3) is 0 Å². The van der Waals surface area contributed by atoms with Crippen molar-refractivity contribution >= 4 is 36.1 Å². The van der Waals surface area contributed by atoms with Gasteiger partial charge in [0.15, 0.2) is 5.71 Å². The van der Waals surface area contributed by atoms with Crippen LogP contribution in [0.25, 0.3) is 0 Å². The topological polar surface area (TPSA) is 27.8 Å². The third kappa shape index (κ3) is 3.23. The van der Waals surface area contributed by atoms with Crippen molar-refractivity contribution in [3.63, 3.8) is 0 Å². The number of rotatable bonds is 3. The standard InChI is InChI=1S/C22H30N3OSi/c1-5-14-27(4)21-15-17(24(2)3)6-8-19(21)23-20-9-7-18(16-22(20)27)25-10-12-26-13-11-25/h6-9,15-16H,5,10-14H2,1-4H3/q+1. The molecule has 1 fully saturated rings. The van der Waals surface area contributed by atoms with Gasteiger partial charge in [-0.25, -0.2) is 9.57 Å². The van der Waals surface area contributed by atoms with E-state index in [2.05, 4.69) is 73.5 Å². The van der Waals surface area contributed by atoms with Crippen LogP contribution >= 0.6 is 0 Å². The van der Waals surface area contributed by atoms with Crippen LogP contribution in [0.15, 0.2) is 46.6 Å². The van der Waals surface area contributed by atoms with Crippen LogP contribution < -0.4 is 10.1 Å². The zero-order chi connectivity index (χ0) is 19.0. The predicted molar refractivity (Wildman–Crippen MR) is 117 cm³/mol. The molecule has 1 unspecified atom stereocenters. The van der Waals surface area contributed by atoms with Crippen molar-refractivity contribution in [1.82, 2.24) is 0 Å². The Kier molecular flexibility index (Phi) is 4.91. The lowest BCUT2D eigenvalue weighted by atomic mass is 10.1. The SMILES string of the molecule is CCC[Si]1(C)C2=CC(=[N+](C)C)C=CC2=Nc2ccc(N3CCOCC3)cc21. The molecular weight excluding hydrogens is 350 g/mol. The summed E-state index contributed by atoms with van der Waals surface area (Å²) in [6, 6.07) is 8.18. The minimum atomic E-state index is -1.83. The maximum atomic E-state index is 5.54. The normalized spacial score (nSPS) is 24.1. The van der Waals surface area contributed by atoms with Crippen molar-refractivity contribution in [3.05, 3.63) is 41.6 Å². The number of ether oxygens (including phenoxy) is 1. The first-order valence-electron chi connectivity index (χ1n) is 10.0. The van der Waals surface area contributed by atoms with Crippen LogP contribution in [0, 0.1) is 0 Å². The molecule has 142 valence electrons. The zero-order valence-electron chi connectivity index (χ0n) is 17.0. The van der Waals surface area contributed by atoms with Crippen molar-refractivity contribution in [2.45, 2.75) is 25.9 Å². The Balaban J connectivity index is 1.85. The Morgan fingerprint density at radius 3 is 2.67 bits per heavy atom. The number of aliphatic imine (C=N–C) groups is 1. The molecule has 1 saturated heterocycles. The van der Waals surface area contributed by atoms with Crippen molar-refractivity contribution in [2.24, 2.45) is 4.99 Å². The monoisotopic (exact) mass is 380 g/mol. The van der Waals surface area contributed by atoms with E-state index in [1.54, 1.807) is 0 Å². The second-order valence-electron chi connectivity index (χ2n) is 8.09. The maximum Gasteiger partial charge on any atom is 0.199 e. The highest BCUT2D eigenvalue weighted by molar-refractivity contribution is 7.02. The molecule has 0 amide bonds. The first kappa shape index (κ1) is 18.4. The molecule has 4 rings (SSSR count). The van der Waals surface area contributed by atoms with Gasteiger partial charge in [-0.3, -0.25) is 0 Å². The second kappa shape index (κ2) is 7.21. The first-order valence-corrected chi connectivity index (χ1v) is 12.7. The van der Waals surface area contributed by atoms with Gasteiger partial charge in [0.05, 0.1) is 24.6 Å². The van der Waals surface area contributed by atoms with Crippen molar-refractivity contribution in [3.8, 4) is 0 Å². The highest BCUT2D eigenvalue weighted by Gasteiger charge is 2.41. The molecule has 0 bridgehead atoms. The molecule has 5 heteroatoms. The summed E-state index contributed by atoms with van der Waals surface area (Å²) in [5, 5.41) is 2.99. The lowest BCUT2D eigenvalue weighted by Crippen LogP contribution is -2.52. The Morgan fingerprint density at radius 1 is 1.19 bits per heavy atom. The predicted octanol–water partition coefficient (Wildman–Crippen LogP) is 3.05. The molecule has 3 aliphatic rings. The van der Waals surface area contributed by atoms with E-state index in [4.69, 9.17) is 9.73 Å². The summed E-state index contributed by atoms with van der Waals surface area (Å²) in [5.74, 6) is 0. The quantitative estimate of drug-likeness (QED) is 0.458. The van der Waals surface area contributed by atoms with Crippen LogP contribution in [0.3, 0.4) is 0 Å². The van der Waals surface area contributed by atoms with Crippen LogP contribution in [0.2, 0.25) is 12.6 Å². The molecule has 0 saturated carbocycles. The number of nitrogens with zero attached hydrogens (tertiary/aromatic N) is 3. The summed E-state index contributed by atoms with van der Waals surface area (Å²) >= 11 is 0. The van der Waals surface area contributed by atoms with E-state index in [1.807, 2.05) is 0 Å². The van der Waals surface area contributed by atoms with Crippen LogP contribution in [-0.4, -0.2) is 64.5 Å². The fourth-order valence-corrected chi connectivity index (χ4v) is 8.64. The van der Waals surface area contributed by atoms with Crippen molar-refractivity contribution in [1.29, 1.82) is 0 Å². The zero-order valence-corrected chi connectivity index (χ0v) is 18.0. The fourth-order valence-electron chi connectivity index (χ4n) is 4.47. The molecule has 0 spiro atoms. The smallest absolute Gasteiger partial charge is 0.199 e. The van der Waals surface area contributed by atoms with Crippen molar-refractivity contribution in [2.75, 3.05) is 45.3 Å². The lowest BCUT2D eigenvalue weighted by Gasteiger charge is -2.37. The minimum Gasteiger partial charge on any atom is -0.378 e. The fraction of sp³-hybridized carbons (Fsp3) is 0.455. The lowest BCUT2D eigenvalue weighted by molar-refractivity contribution is -0.462. The Hall–Kier alpha value is -1.98. The number of morpholine rings is 1. The van der Waals surface area contributed by atoms with Gasteiger partial charge >= 0.3 is 0 Å². The molecule has 1 aliphatic carbocycles. The second-order valence-corrected chi connectivity index (χ2v) is 12.3. The highest BCUT2D eigenvalue weighted by atomic mass is 28.3. The summed E-state index contributed by atoms with van der Waals surface area (Å²) in [7, 11) is 2.40. The van der Waals surface area contributed by atoms with Gasteiger partial charge in [-0.1, -0.05) is 19.9 Å². The number of allylic oxidation sites excluding steroid dienone is 4. The summed E-state index contributed by atoms with van der Waals surface area (Å²) in [4.78, 5) is 7.50. The largest absolute Gasteiger partial charge is 0.378 e. The van der Waals surface area contributed by atoms with E-state index >= 15 is 0 Å². The molecule has 2 aliphatic heterocycles. The molecule has 0 N–H and O–H groups in total. The van der Waals surface area contributed by atoms with Crippen LogP contribution in [-0.2, 0) is 4.74 Å². The molecule has 0 aromatic heterocycles. The van der Waals surface area contributed by atoms with Gasteiger partial charge in [-0.15, -0.1) is 0 Å². The van der Waals surface area contributed by atoms with Crippen molar-refractivity contribution < 1.29 is 9.31 Å². The van der Waals surface area contributed by atoms with Gasteiger partial charge in [0.2, 0.25) is 0 Å². The third-order valence-electron chi connectivity index (χ3n) is 6.03. The number of benzene rings is 1. The van der Waals surface area contributed by atoms with Crippen LogP contribution in [0.4, 0.5) is 11.4 Å². The van der Waals surface area contributed by atoms with Gasteiger partial charge in [0, 0.05) is 30.9 Å². The molecule has 2 heterocycles. The van der Waals surface area contributed by atoms with E-state index in [0.29, 0.717) is 0 Å². The molecule has 4 nitrogen and oxygen atoms in total. The number of hydrogen-bond donors (Lipinski definition) is 0. The maximum absolute atomic E-state index is 5.54. The van der Waals surface area contributed by atoms with Gasteiger partial charge < -0.3 is 9.64 Å². The molecule has 1 aromatic carbocycles. The summed E-state index contributed by atoms with van der Waals surface area (Å²) in [6.45, 7) is 8.43. The highest BCUT2D eigenvalue weighted by Crippen LogP contribution is 2.35. The van der Waals surface area contributed by atoms with E-state index in [9.17, 15) is 0 Å². The molecule has 0 radical (unpaired) electrons. The van der Waals surface area contributed by atoms with E-state index < -0.39 is 8.07 Å². The molecule has 1 aromatic rings.